The maximum atomic E-state index is 12.9. The lowest BCUT2D eigenvalue weighted by Gasteiger charge is -2.13. The first-order chi connectivity index (χ1) is 14.2. The Morgan fingerprint density at radius 1 is 1.21 bits per heavy atom. The Morgan fingerprint density at radius 3 is 2.97 bits per heavy atom. The fourth-order valence-electron chi connectivity index (χ4n) is 3.56. The smallest absolute Gasteiger partial charge is 0.258 e. The summed E-state index contributed by atoms with van der Waals surface area (Å²) in [5.41, 5.74) is 2.60. The summed E-state index contributed by atoms with van der Waals surface area (Å²) in [6.07, 6.45) is 3.92. The van der Waals surface area contributed by atoms with Gasteiger partial charge in [0.25, 0.3) is 5.56 Å². The van der Waals surface area contributed by atoms with Crippen LogP contribution in [0.5, 0.6) is 5.75 Å². The van der Waals surface area contributed by atoms with Crippen molar-refractivity contribution in [3.8, 4) is 11.4 Å². The van der Waals surface area contributed by atoms with Gasteiger partial charge in [0, 0.05) is 40.6 Å². The number of aromatic nitrogens is 2. The molecule has 0 saturated heterocycles. The maximum absolute atomic E-state index is 12.9. The molecule has 0 unspecified atom stereocenters. The quantitative estimate of drug-likeness (QED) is 0.559. The Kier molecular flexibility index (Phi) is 4.61. The van der Waals surface area contributed by atoms with Crippen LogP contribution >= 0.6 is 11.3 Å². The molecule has 7 heteroatoms. The first-order valence-electron chi connectivity index (χ1n) is 9.39. The van der Waals surface area contributed by atoms with Crippen LogP contribution < -0.4 is 15.6 Å². The van der Waals surface area contributed by atoms with Crippen LogP contribution in [0.15, 0.2) is 59.7 Å². The second-order valence-electron chi connectivity index (χ2n) is 6.94. The van der Waals surface area contributed by atoms with Gasteiger partial charge in [-0.05, 0) is 53.8 Å². The van der Waals surface area contributed by atoms with Crippen LogP contribution in [0, 0.1) is 5.82 Å². The van der Waals surface area contributed by atoms with E-state index in [1.165, 1.54) is 32.7 Å². The molecule has 4 heterocycles. The maximum Gasteiger partial charge on any atom is 0.258 e. The molecule has 3 aromatic heterocycles. The molecule has 1 N–H and O–H groups in total. The number of fused-ring (bicyclic) bond motifs is 3. The minimum absolute atomic E-state index is 0.170. The largest absolute Gasteiger partial charge is 0.487 e. The minimum atomic E-state index is -0.393. The molecule has 0 aliphatic carbocycles. The average molecular weight is 407 g/mol. The number of nitrogens with one attached hydrogen (secondary N) is 1. The van der Waals surface area contributed by atoms with E-state index in [0.29, 0.717) is 11.4 Å². The Hall–Kier alpha value is -3.03. The molecule has 146 valence electrons. The summed E-state index contributed by atoms with van der Waals surface area (Å²) >= 11 is 1.84. The first-order valence-corrected chi connectivity index (χ1v) is 10.2. The summed E-state index contributed by atoms with van der Waals surface area (Å²) < 4.78 is 21.4. The Morgan fingerprint density at radius 2 is 2.14 bits per heavy atom. The summed E-state index contributed by atoms with van der Waals surface area (Å²) in [5, 5.41) is 4.64. The molecule has 5 nitrogen and oxygen atoms in total. The molecule has 0 atom stereocenters. The number of thiophene rings is 1. The molecule has 0 radical (unpaired) electrons. The highest BCUT2D eigenvalue weighted by Crippen LogP contribution is 2.34. The van der Waals surface area contributed by atoms with Crippen LogP contribution in [0.3, 0.4) is 0 Å². The second kappa shape index (κ2) is 7.42. The fraction of sp³-hybridized carbons (Fsp3) is 0.182. The van der Waals surface area contributed by atoms with Gasteiger partial charge in [0.05, 0.1) is 11.9 Å². The van der Waals surface area contributed by atoms with Crippen LogP contribution in [0.1, 0.15) is 16.1 Å². The van der Waals surface area contributed by atoms with Crippen molar-refractivity contribution in [2.45, 2.75) is 19.6 Å². The zero-order chi connectivity index (χ0) is 19.8. The van der Waals surface area contributed by atoms with E-state index in [4.69, 9.17) is 4.74 Å². The molecule has 0 saturated carbocycles. The van der Waals surface area contributed by atoms with Gasteiger partial charge in [-0.15, -0.1) is 11.3 Å². The van der Waals surface area contributed by atoms with Crippen molar-refractivity contribution in [2.24, 2.45) is 0 Å². The van der Waals surface area contributed by atoms with Crippen molar-refractivity contribution in [3.63, 3.8) is 0 Å². The molecular weight excluding hydrogens is 389 g/mol. The molecule has 0 bridgehead atoms. The van der Waals surface area contributed by atoms with Crippen molar-refractivity contribution in [1.29, 1.82) is 0 Å². The highest BCUT2D eigenvalue weighted by atomic mass is 32.1. The third-order valence-corrected chi connectivity index (χ3v) is 6.31. The van der Waals surface area contributed by atoms with Crippen LogP contribution in [0.2, 0.25) is 0 Å². The normalized spacial score (nSPS) is 13.4. The zero-order valence-electron chi connectivity index (χ0n) is 15.5. The number of pyridine rings is 2. The van der Waals surface area contributed by atoms with E-state index in [9.17, 15) is 9.18 Å². The number of halogens is 1. The second-order valence-corrected chi connectivity index (χ2v) is 8.07. The molecule has 1 aliphatic heterocycles. The molecule has 0 amide bonds. The van der Waals surface area contributed by atoms with Crippen LogP contribution in [-0.2, 0) is 19.6 Å². The standard InChI is InChI=1S/C22H18FN3O2S/c23-14-1-2-15(25-11-14)13-28-17-6-8-26(22(27)10-17)16-3-4-20-18(9-16)19-12-24-7-5-21(19)29-20/h1-4,6,8-11,24H,5,7,12-13H2. The molecule has 4 aromatic rings. The van der Waals surface area contributed by atoms with Crippen LogP contribution in [0.25, 0.3) is 15.8 Å². The van der Waals surface area contributed by atoms with Gasteiger partial charge in [0.15, 0.2) is 0 Å². The summed E-state index contributed by atoms with van der Waals surface area (Å²) in [6.45, 7) is 2.06. The molecule has 1 aromatic carbocycles. The van der Waals surface area contributed by atoms with E-state index in [-0.39, 0.29) is 12.2 Å². The van der Waals surface area contributed by atoms with E-state index in [2.05, 4.69) is 22.4 Å². The fourth-order valence-corrected chi connectivity index (χ4v) is 4.76. The van der Waals surface area contributed by atoms with Gasteiger partial charge < -0.3 is 10.1 Å². The zero-order valence-corrected chi connectivity index (χ0v) is 16.3. The van der Waals surface area contributed by atoms with Gasteiger partial charge >= 0.3 is 0 Å². The summed E-state index contributed by atoms with van der Waals surface area (Å²) in [5.74, 6) is 0.0616. The lowest BCUT2D eigenvalue weighted by Crippen LogP contribution is -2.22. The number of rotatable bonds is 4. The van der Waals surface area contributed by atoms with Crippen molar-refractivity contribution in [2.75, 3.05) is 6.54 Å². The number of hydrogen-bond acceptors (Lipinski definition) is 5. The Balaban J connectivity index is 1.41. The van der Waals surface area contributed by atoms with Crippen molar-refractivity contribution in [1.82, 2.24) is 14.9 Å². The van der Waals surface area contributed by atoms with Gasteiger partial charge in [-0.3, -0.25) is 14.3 Å². The van der Waals surface area contributed by atoms with E-state index in [1.54, 1.807) is 22.9 Å². The minimum Gasteiger partial charge on any atom is -0.487 e. The SMILES string of the molecule is O=c1cc(OCc2ccc(F)cn2)ccn1-c1ccc2sc3c(c2c1)CNCC3. The van der Waals surface area contributed by atoms with Gasteiger partial charge in [-0.25, -0.2) is 4.39 Å². The third-order valence-electron chi connectivity index (χ3n) is 5.03. The van der Waals surface area contributed by atoms with E-state index >= 15 is 0 Å². The third kappa shape index (κ3) is 3.54. The van der Waals surface area contributed by atoms with Crippen molar-refractivity contribution < 1.29 is 9.13 Å². The molecular formula is C22H18FN3O2S. The monoisotopic (exact) mass is 407 g/mol. The number of hydrogen-bond donors (Lipinski definition) is 1. The van der Waals surface area contributed by atoms with Crippen molar-refractivity contribution in [3.05, 3.63) is 87.2 Å². The predicted molar refractivity (Wildman–Crippen MR) is 111 cm³/mol. The van der Waals surface area contributed by atoms with Crippen LogP contribution in [-0.4, -0.2) is 16.1 Å². The molecule has 29 heavy (non-hydrogen) atoms. The topological polar surface area (TPSA) is 56.1 Å². The Bertz CT molecular complexity index is 1250. The number of nitrogens with zero attached hydrogens (tertiary/aromatic N) is 2. The Labute approximate surface area is 170 Å². The average Bonchev–Trinajstić information content (AvgIpc) is 3.11. The molecule has 0 spiro atoms. The van der Waals surface area contributed by atoms with Gasteiger partial charge in [0.2, 0.25) is 0 Å². The molecule has 5 rings (SSSR count). The predicted octanol–water partition coefficient (Wildman–Crippen LogP) is 3.81. The lowest BCUT2D eigenvalue weighted by molar-refractivity contribution is 0.300. The summed E-state index contributed by atoms with van der Waals surface area (Å²) in [7, 11) is 0. The summed E-state index contributed by atoms with van der Waals surface area (Å²) in [4.78, 5) is 18.1. The van der Waals surface area contributed by atoms with E-state index in [0.717, 1.165) is 31.4 Å². The van der Waals surface area contributed by atoms with Crippen LogP contribution in [0.4, 0.5) is 4.39 Å². The molecule has 0 fully saturated rings. The lowest BCUT2D eigenvalue weighted by atomic mass is 10.1. The highest BCUT2D eigenvalue weighted by Gasteiger charge is 2.16. The van der Waals surface area contributed by atoms with Gasteiger partial charge in [-0.1, -0.05) is 0 Å². The number of benzene rings is 1. The van der Waals surface area contributed by atoms with E-state index < -0.39 is 5.82 Å². The van der Waals surface area contributed by atoms with E-state index in [1.807, 2.05) is 17.4 Å². The first kappa shape index (κ1) is 18.0. The van der Waals surface area contributed by atoms with Gasteiger partial charge in [0.1, 0.15) is 18.2 Å². The number of ether oxygens (including phenoxy) is 1. The molecule has 1 aliphatic rings. The summed E-state index contributed by atoms with van der Waals surface area (Å²) in [6, 6.07) is 12.2. The highest BCUT2D eigenvalue weighted by molar-refractivity contribution is 7.19. The van der Waals surface area contributed by atoms with Gasteiger partial charge in [-0.2, -0.15) is 0 Å². The van der Waals surface area contributed by atoms with Crippen molar-refractivity contribution >= 4 is 21.4 Å².